The minimum Gasteiger partial charge on any atom is -0.355 e. The summed E-state index contributed by atoms with van der Waals surface area (Å²) in [5.41, 5.74) is 0.512. The Morgan fingerprint density at radius 2 is 2.35 bits per heavy atom. The van der Waals surface area contributed by atoms with Crippen molar-refractivity contribution in [2.45, 2.75) is 13.3 Å². The maximum atomic E-state index is 11.5. The first kappa shape index (κ1) is 13.0. The highest BCUT2D eigenvalue weighted by atomic mass is 16.2. The molecular weight excluding hydrogens is 216 g/mol. The van der Waals surface area contributed by atoms with E-state index < -0.39 is 0 Å². The molecule has 0 aromatic carbocycles. The minimum atomic E-state index is -0.0273. The molecule has 0 atom stereocenters. The zero-order valence-electron chi connectivity index (χ0n) is 10.1. The van der Waals surface area contributed by atoms with E-state index in [0.29, 0.717) is 17.9 Å². The van der Waals surface area contributed by atoms with E-state index in [1.807, 2.05) is 13.0 Å². The molecule has 0 radical (unpaired) electrons. The number of nitriles is 1. The number of pyridine rings is 1. The molecule has 1 aromatic rings. The second-order valence-electron chi connectivity index (χ2n) is 3.72. The zero-order valence-corrected chi connectivity index (χ0v) is 10.1. The molecule has 0 unspecified atom stereocenters. The molecule has 1 heterocycles. The van der Waals surface area contributed by atoms with Crippen molar-refractivity contribution in [3.8, 4) is 6.07 Å². The number of carbonyl (C=O) groups excluding carboxylic acids is 1. The van der Waals surface area contributed by atoms with E-state index in [2.05, 4.69) is 10.3 Å². The second-order valence-corrected chi connectivity index (χ2v) is 3.72. The molecule has 0 saturated heterocycles. The van der Waals surface area contributed by atoms with Gasteiger partial charge in [0.1, 0.15) is 11.9 Å². The van der Waals surface area contributed by atoms with Crippen molar-refractivity contribution in [3.05, 3.63) is 23.9 Å². The number of nitrogens with zero attached hydrogens (tertiary/aromatic N) is 3. The van der Waals surface area contributed by atoms with Crippen LogP contribution in [0.2, 0.25) is 0 Å². The third-order valence-electron chi connectivity index (χ3n) is 2.22. The van der Waals surface area contributed by atoms with Crippen molar-refractivity contribution in [2.24, 2.45) is 0 Å². The lowest BCUT2D eigenvalue weighted by Crippen LogP contribution is -2.35. The van der Waals surface area contributed by atoms with Crippen LogP contribution in [0, 0.1) is 11.3 Å². The van der Waals surface area contributed by atoms with Crippen LogP contribution in [0.15, 0.2) is 18.3 Å². The maximum Gasteiger partial charge on any atom is 0.239 e. The summed E-state index contributed by atoms with van der Waals surface area (Å²) in [4.78, 5) is 17.3. The number of anilines is 1. The molecule has 1 amide bonds. The van der Waals surface area contributed by atoms with E-state index in [1.165, 1.54) is 6.20 Å². The number of aromatic nitrogens is 1. The van der Waals surface area contributed by atoms with Gasteiger partial charge >= 0.3 is 0 Å². The molecule has 0 aliphatic carbocycles. The number of hydrogen-bond acceptors (Lipinski definition) is 4. The van der Waals surface area contributed by atoms with Crippen LogP contribution in [-0.4, -0.2) is 31.0 Å². The van der Waals surface area contributed by atoms with Gasteiger partial charge < -0.3 is 10.2 Å². The van der Waals surface area contributed by atoms with Crippen molar-refractivity contribution in [3.63, 3.8) is 0 Å². The van der Waals surface area contributed by atoms with Gasteiger partial charge in [-0.05, 0) is 18.6 Å². The largest absolute Gasteiger partial charge is 0.355 e. The van der Waals surface area contributed by atoms with Crippen LogP contribution in [0.4, 0.5) is 5.82 Å². The van der Waals surface area contributed by atoms with E-state index in [0.717, 1.165) is 6.42 Å². The molecule has 5 heteroatoms. The monoisotopic (exact) mass is 232 g/mol. The van der Waals surface area contributed by atoms with E-state index in [4.69, 9.17) is 5.26 Å². The molecule has 1 aromatic heterocycles. The number of carbonyl (C=O) groups is 1. The average molecular weight is 232 g/mol. The molecule has 1 rings (SSSR count). The molecule has 17 heavy (non-hydrogen) atoms. The first-order valence-corrected chi connectivity index (χ1v) is 5.51. The average Bonchev–Trinajstić information content (AvgIpc) is 2.36. The SMILES string of the molecule is CCCNC(=O)CN(C)c1ccc(C#N)cn1. The zero-order chi connectivity index (χ0) is 12.7. The van der Waals surface area contributed by atoms with Gasteiger partial charge in [-0.3, -0.25) is 4.79 Å². The smallest absolute Gasteiger partial charge is 0.239 e. The summed E-state index contributed by atoms with van der Waals surface area (Å²) in [6.45, 7) is 2.96. The predicted octanol–water partition coefficient (Wildman–Crippen LogP) is 0.916. The summed E-state index contributed by atoms with van der Waals surface area (Å²) in [5, 5.41) is 11.4. The molecule has 0 fully saturated rings. The Morgan fingerprint density at radius 1 is 1.59 bits per heavy atom. The fraction of sp³-hybridized carbons (Fsp3) is 0.417. The topological polar surface area (TPSA) is 69.0 Å². The third-order valence-corrected chi connectivity index (χ3v) is 2.22. The van der Waals surface area contributed by atoms with Crippen LogP contribution in [0.1, 0.15) is 18.9 Å². The Morgan fingerprint density at radius 3 is 2.88 bits per heavy atom. The molecule has 1 N–H and O–H groups in total. The predicted molar refractivity (Wildman–Crippen MR) is 65.5 cm³/mol. The fourth-order valence-electron chi connectivity index (χ4n) is 1.29. The fourth-order valence-corrected chi connectivity index (χ4v) is 1.29. The summed E-state index contributed by atoms with van der Waals surface area (Å²) < 4.78 is 0. The van der Waals surface area contributed by atoms with Crippen LogP contribution in [0.3, 0.4) is 0 Å². The summed E-state index contributed by atoms with van der Waals surface area (Å²) in [6.07, 6.45) is 2.42. The van der Waals surface area contributed by atoms with Crippen LogP contribution < -0.4 is 10.2 Å². The molecule has 0 aliphatic heterocycles. The van der Waals surface area contributed by atoms with E-state index in [1.54, 1.807) is 24.1 Å². The van der Waals surface area contributed by atoms with Crippen LogP contribution in [0.5, 0.6) is 0 Å². The van der Waals surface area contributed by atoms with Crippen molar-refractivity contribution < 1.29 is 4.79 Å². The van der Waals surface area contributed by atoms with Gasteiger partial charge in [0.15, 0.2) is 0 Å². The highest BCUT2D eigenvalue weighted by Gasteiger charge is 2.07. The van der Waals surface area contributed by atoms with Crippen LogP contribution >= 0.6 is 0 Å². The highest BCUT2D eigenvalue weighted by molar-refractivity contribution is 5.80. The number of hydrogen-bond donors (Lipinski definition) is 1. The molecule has 0 spiro atoms. The Balaban J connectivity index is 2.54. The third kappa shape index (κ3) is 4.11. The standard InChI is InChI=1S/C12H16N4O/c1-3-6-14-12(17)9-16(2)11-5-4-10(7-13)8-15-11/h4-5,8H,3,6,9H2,1-2H3,(H,14,17). The summed E-state index contributed by atoms with van der Waals surface area (Å²) in [5.74, 6) is 0.649. The Kier molecular flexibility index (Phi) is 4.95. The Labute approximate surface area is 101 Å². The van der Waals surface area contributed by atoms with Gasteiger partial charge in [-0.15, -0.1) is 0 Å². The molecule has 0 saturated carbocycles. The van der Waals surface area contributed by atoms with Gasteiger partial charge in [-0.2, -0.15) is 5.26 Å². The maximum absolute atomic E-state index is 11.5. The number of rotatable bonds is 5. The molecule has 90 valence electrons. The summed E-state index contributed by atoms with van der Waals surface area (Å²) in [7, 11) is 1.79. The first-order chi connectivity index (χ1) is 8.17. The lowest BCUT2D eigenvalue weighted by molar-refractivity contribution is -0.119. The molecular formula is C12H16N4O. The first-order valence-electron chi connectivity index (χ1n) is 5.51. The second kappa shape index (κ2) is 6.48. The molecule has 5 nitrogen and oxygen atoms in total. The van der Waals surface area contributed by atoms with Gasteiger partial charge in [-0.25, -0.2) is 4.98 Å². The number of nitrogens with one attached hydrogen (secondary N) is 1. The highest BCUT2D eigenvalue weighted by Crippen LogP contribution is 2.08. The van der Waals surface area contributed by atoms with Crippen molar-refractivity contribution >= 4 is 11.7 Å². The minimum absolute atomic E-state index is 0.0273. The van der Waals surface area contributed by atoms with Gasteiger partial charge in [-0.1, -0.05) is 6.92 Å². The van der Waals surface area contributed by atoms with E-state index in [9.17, 15) is 4.79 Å². The van der Waals surface area contributed by atoms with E-state index in [-0.39, 0.29) is 12.5 Å². The Hall–Kier alpha value is -2.09. The molecule has 0 aliphatic rings. The number of amides is 1. The van der Waals surface area contributed by atoms with Crippen LogP contribution in [0.25, 0.3) is 0 Å². The van der Waals surface area contributed by atoms with Crippen molar-refractivity contribution in [1.82, 2.24) is 10.3 Å². The van der Waals surface area contributed by atoms with Gasteiger partial charge in [0.05, 0.1) is 12.1 Å². The van der Waals surface area contributed by atoms with Gasteiger partial charge in [0.2, 0.25) is 5.91 Å². The van der Waals surface area contributed by atoms with Gasteiger partial charge in [0, 0.05) is 19.8 Å². The quantitative estimate of drug-likeness (QED) is 0.819. The Bertz CT molecular complexity index is 408. The lowest BCUT2D eigenvalue weighted by Gasteiger charge is -2.17. The van der Waals surface area contributed by atoms with Crippen molar-refractivity contribution in [2.75, 3.05) is 25.0 Å². The number of likely N-dealkylation sites (N-methyl/N-ethyl adjacent to an activating group) is 1. The summed E-state index contributed by atoms with van der Waals surface area (Å²) in [6, 6.07) is 5.41. The van der Waals surface area contributed by atoms with Crippen molar-refractivity contribution in [1.29, 1.82) is 5.26 Å². The van der Waals surface area contributed by atoms with Crippen LogP contribution in [-0.2, 0) is 4.79 Å². The van der Waals surface area contributed by atoms with Gasteiger partial charge in [0.25, 0.3) is 0 Å². The summed E-state index contributed by atoms with van der Waals surface area (Å²) >= 11 is 0. The van der Waals surface area contributed by atoms with E-state index >= 15 is 0 Å². The normalized spacial score (nSPS) is 9.47. The molecule has 0 bridgehead atoms. The lowest BCUT2D eigenvalue weighted by atomic mass is 10.3.